The quantitative estimate of drug-likeness (QED) is 0.839. The molecule has 20 heavy (non-hydrogen) atoms. The summed E-state index contributed by atoms with van der Waals surface area (Å²) in [5.41, 5.74) is -1.39. The first kappa shape index (κ1) is 15.9. The van der Waals surface area contributed by atoms with Gasteiger partial charge in [0.1, 0.15) is 9.75 Å². The number of hydrogen-bond donors (Lipinski definition) is 2. The van der Waals surface area contributed by atoms with Crippen LogP contribution in [0.3, 0.4) is 0 Å². The van der Waals surface area contributed by atoms with Crippen LogP contribution in [-0.4, -0.2) is 25.0 Å². The first-order valence-corrected chi connectivity index (χ1v) is 9.43. The summed E-state index contributed by atoms with van der Waals surface area (Å²) >= 11 is 4.24. The standard InChI is InChI=1S/C12H16BrNO4S2/c1-8-3-2-5-12(7-8,11(15)16)14-20(17,18)10-9(13)4-6-19-10/h4,6,8,14H,2-3,5,7H2,1H3,(H,15,16). The van der Waals surface area contributed by atoms with Crippen LogP contribution in [0.1, 0.15) is 32.6 Å². The first-order valence-electron chi connectivity index (χ1n) is 6.27. The Morgan fingerprint density at radius 2 is 2.30 bits per heavy atom. The molecule has 0 saturated heterocycles. The maximum Gasteiger partial charge on any atom is 0.324 e. The predicted octanol–water partition coefficient (Wildman–Crippen LogP) is 2.82. The average molecular weight is 382 g/mol. The van der Waals surface area contributed by atoms with E-state index in [4.69, 9.17) is 0 Å². The van der Waals surface area contributed by atoms with E-state index in [2.05, 4.69) is 20.7 Å². The Labute approximate surface area is 130 Å². The molecule has 0 bridgehead atoms. The maximum atomic E-state index is 12.4. The van der Waals surface area contributed by atoms with Crippen molar-refractivity contribution in [1.29, 1.82) is 0 Å². The second kappa shape index (κ2) is 5.75. The Balaban J connectivity index is 2.34. The summed E-state index contributed by atoms with van der Waals surface area (Å²) in [4.78, 5) is 11.6. The number of sulfonamides is 1. The Hall–Kier alpha value is -0.440. The van der Waals surface area contributed by atoms with Crippen LogP contribution in [0.15, 0.2) is 20.1 Å². The van der Waals surface area contributed by atoms with E-state index in [0.717, 1.165) is 17.8 Å². The second-order valence-corrected chi connectivity index (χ2v) is 8.90. The summed E-state index contributed by atoms with van der Waals surface area (Å²) in [6.45, 7) is 1.95. The van der Waals surface area contributed by atoms with Crippen LogP contribution >= 0.6 is 27.3 Å². The van der Waals surface area contributed by atoms with Crippen molar-refractivity contribution in [3.63, 3.8) is 0 Å². The van der Waals surface area contributed by atoms with Gasteiger partial charge in [-0.15, -0.1) is 11.3 Å². The molecule has 0 aromatic carbocycles. The van der Waals surface area contributed by atoms with Gasteiger partial charge >= 0.3 is 5.97 Å². The van der Waals surface area contributed by atoms with Crippen LogP contribution in [0.5, 0.6) is 0 Å². The number of rotatable bonds is 4. The summed E-state index contributed by atoms with van der Waals surface area (Å²) in [5, 5.41) is 11.1. The van der Waals surface area contributed by atoms with Gasteiger partial charge in [0.05, 0.1) is 0 Å². The number of aliphatic carboxylic acids is 1. The molecule has 1 aliphatic carbocycles. The highest BCUT2D eigenvalue weighted by atomic mass is 79.9. The third-order valence-corrected chi connectivity index (χ3v) is 7.77. The van der Waals surface area contributed by atoms with E-state index >= 15 is 0 Å². The molecule has 1 saturated carbocycles. The van der Waals surface area contributed by atoms with Crippen molar-refractivity contribution >= 4 is 43.3 Å². The van der Waals surface area contributed by atoms with Gasteiger partial charge in [-0.05, 0) is 46.1 Å². The van der Waals surface area contributed by atoms with Crippen LogP contribution in [0.4, 0.5) is 0 Å². The number of nitrogens with one attached hydrogen (secondary N) is 1. The first-order chi connectivity index (χ1) is 9.27. The number of thiophene rings is 1. The molecule has 2 N–H and O–H groups in total. The van der Waals surface area contributed by atoms with Gasteiger partial charge in [0.2, 0.25) is 0 Å². The lowest BCUT2D eigenvalue weighted by molar-refractivity contribution is -0.146. The topological polar surface area (TPSA) is 83.5 Å². The largest absolute Gasteiger partial charge is 0.480 e. The molecule has 0 radical (unpaired) electrons. The Morgan fingerprint density at radius 1 is 1.60 bits per heavy atom. The fraction of sp³-hybridized carbons (Fsp3) is 0.583. The molecular formula is C12H16BrNO4S2. The molecule has 1 fully saturated rings. The molecule has 2 unspecified atom stereocenters. The van der Waals surface area contributed by atoms with E-state index in [1.807, 2.05) is 6.92 Å². The molecule has 5 nitrogen and oxygen atoms in total. The number of carboxylic acids is 1. The van der Waals surface area contributed by atoms with E-state index in [1.54, 1.807) is 11.4 Å². The van der Waals surface area contributed by atoms with Crippen LogP contribution in [0, 0.1) is 5.92 Å². The maximum absolute atomic E-state index is 12.4. The van der Waals surface area contributed by atoms with Gasteiger partial charge in [-0.3, -0.25) is 4.79 Å². The summed E-state index contributed by atoms with van der Waals surface area (Å²) in [7, 11) is -3.83. The summed E-state index contributed by atoms with van der Waals surface area (Å²) < 4.78 is 27.8. The van der Waals surface area contributed by atoms with Crippen LogP contribution in [0.25, 0.3) is 0 Å². The van der Waals surface area contributed by atoms with Crippen molar-refractivity contribution < 1.29 is 18.3 Å². The molecule has 1 aromatic heterocycles. The third-order valence-electron chi connectivity index (χ3n) is 3.57. The van der Waals surface area contributed by atoms with Gasteiger partial charge in [-0.25, -0.2) is 8.42 Å². The SMILES string of the molecule is CC1CCCC(NS(=O)(=O)c2sccc2Br)(C(=O)O)C1. The summed E-state index contributed by atoms with van der Waals surface area (Å²) in [6, 6.07) is 1.64. The monoisotopic (exact) mass is 381 g/mol. The highest BCUT2D eigenvalue weighted by Gasteiger charge is 2.45. The molecule has 1 heterocycles. The van der Waals surface area contributed by atoms with E-state index in [-0.39, 0.29) is 10.1 Å². The summed E-state index contributed by atoms with van der Waals surface area (Å²) in [5.74, 6) is -0.908. The molecule has 2 atom stereocenters. The van der Waals surface area contributed by atoms with Gasteiger partial charge in [-0.1, -0.05) is 19.8 Å². The Bertz CT molecular complexity index is 613. The Morgan fingerprint density at radius 3 is 2.80 bits per heavy atom. The second-order valence-electron chi connectivity index (χ2n) is 5.25. The summed E-state index contributed by atoms with van der Waals surface area (Å²) in [6.07, 6.45) is 2.29. The van der Waals surface area contributed by atoms with Crippen LogP contribution in [-0.2, 0) is 14.8 Å². The molecule has 8 heteroatoms. The molecule has 1 aliphatic rings. The minimum absolute atomic E-state index is 0.122. The van der Waals surface area contributed by atoms with Crippen molar-refractivity contribution in [3.05, 3.63) is 15.9 Å². The van der Waals surface area contributed by atoms with Gasteiger partial charge in [0, 0.05) is 4.47 Å². The van der Waals surface area contributed by atoms with E-state index < -0.39 is 21.5 Å². The number of carbonyl (C=O) groups is 1. The predicted molar refractivity (Wildman–Crippen MR) is 80.3 cm³/mol. The fourth-order valence-corrected chi connectivity index (χ4v) is 6.40. The zero-order valence-electron chi connectivity index (χ0n) is 10.9. The van der Waals surface area contributed by atoms with Crippen LogP contribution < -0.4 is 4.72 Å². The highest BCUT2D eigenvalue weighted by Crippen LogP contribution is 2.35. The van der Waals surface area contributed by atoms with Crippen molar-refractivity contribution in [2.24, 2.45) is 5.92 Å². The molecule has 0 aliphatic heterocycles. The minimum atomic E-state index is -3.83. The molecule has 0 spiro atoms. The molecule has 2 rings (SSSR count). The van der Waals surface area contributed by atoms with Gasteiger partial charge in [0.15, 0.2) is 0 Å². The zero-order chi connectivity index (χ0) is 15.0. The minimum Gasteiger partial charge on any atom is -0.480 e. The van der Waals surface area contributed by atoms with Crippen molar-refractivity contribution in [2.75, 3.05) is 0 Å². The number of hydrogen-bond acceptors (Lipinski definition) is 4. The van der Waals surface area contributed by atoms with Gasteiger partial charge in [-0.2, -0.15) is 4.72 Å². The molecule has 0 amide bonds. The normalized spacial score (nSPS) is 27.4. The van der Waals surface area contributed by atoms with E-state index in [1.165, 1.54) is 0 Å². The van der Waals surface area contributed by atoms with Gasteiger partial charge in [0.25, 0.3) is 10.0 Å². The lowest BCUT2D eigenvalue weighted by Crippen LogP contribution is -2.56. The highest BCUT2D eigenvalue weighted by molar-refractivity contribution is 9.10. The number of carboxylic acid groups (broad SMARTS) is 1. The van der Waals surface area contributed by atoms with Crippen LogP contribution in [0.2, 0.25) is 0 Å². The third kappa shape index (κ3) is 3.08. The lowest BCUT2D eigenvalue weighted by atomic mass is 9.77. The fourth-order valence-electron chi connectivity index (χ4n) is 2.66. The lowest BCUT2D eigenvalue weighted by Gasteiger charge is -2.36. The smallest absolute Gasteiger partial charge is 0.324 e. The van der Waals surface area contributed by atoms with Crippen molar-refractivity contribution in [2.45, 2.75) is 42.4 Å². The molecule has 112 valence electrons. The Kier molecular flexibility index (Phi) is 4.58. The van der Waals surface area contributed by atoms with E-state index in [9.17, 15) is 18.3 Å². The van der Waals surface area contributed by atoms with Crippen molar-refractivity contribution in [1.82, 2.24) is 4.72 Å². The number of halogens is 1. The van der Waals surface area contributed by atoms with Crippen molar-refractivity contribution in [3.8, 4) is 0 Å². The zero-order valence-corrected chi connectivity index (χ0v) is 14.1. The average Bonchev–Trinajstić information content (AvgIpc) is 2.75. The van der Waals surface area contributed by atoms with E-state index in [0.29, 0.717) is 23.7 Å². The van der Waals surface area contributed by atoms with Gasteiger partial charge < -0.3 is 5.11 Å². The molecule has 1 aromatic rings. The molecular weight excluding hydrogens is 366 g/mol.